The van der Waals surface area contributed by atoms with Gasteiger partial charge in [0.15, 0.2) is 5.65 Å². The number of carbonyl (C=O) groups is 1. The Morgan fingerprint density at radius 2 is 2.06 bits per heavy atom. The molecular weight excluding hydrogens is 442 g/mol. The van der Waals surface area contributed by atoms with E-state index in [2.05, 4.69) is 56.0 Å². The summed E-state index contributed by atoms with van der Waals surface area (Å²) < 4.78 is 1.67. The summed E-state index contributed by atoms with van der Waals surface area (Å²) in [6.07, 6.45) is 6.05. The maximum atomic E-state index is 12.0. The molecule has 1 aliphatic carbocycles. The van der Waals surface area contributed by atoms with Crippen molar-refractivity contribution in [3.63, 3.8) is 0 Å². The second-order valence-electron chi connectivity index (χ2n) is 9.59. The van der Waals surface area contributed by atoms with Gasteiger partial charge in [-0.1, -0.05) is 0 Å². The number of amides is 1. The van der Waals surface area contributed by atoms with Crippen LogP contribution in [0.2, 0.25) is 0 Å². The van der Waals surface area contributed by atoms with E-state index in [1.54, 1.807) is 4.52 Å². The Bertz CT molecular complexity index is 1290. The van der Waals surface area contributed by atoms with Crippen molar-refractivity contribution in [3.8, 4) is 6.07 Å². The number of benzene rings is 1. The Labute approximate surface area is 204 Å². The lowest BCUT2D eigenvalue weighted by Gasteiger charge is -2.38. The van der Waals surface area contributed by atoms with Crippen molar-refractivity contribution in [1.82, 2.24) is 19.5 Å². The molecule has 2 aromatic heterocycles. The first-order valence-corrected chi connectivity index (χ1v) is 12.1. The Morgan fingerprint density at radius 1 is 1.23 bits per heavy atom. The van der Waals surface area contributed by atoms with Crippen molar-refractivity contribution in [2.24, 2.45) is 0 Å². The predicted molar refractivity (Wildman–Crippen MR) is 137 cm³/mol. The molecule has 3 N–H and O–H groups in total. The molecule has 1 atom stereocenters. The summed E-state index contributed by atoms with van der Waals surface area (Å²) in [4.78, 5) is 21.3. The van der Waals surface area contributed by atoms with Crippen LogP contribution in [0, 0.1) is 11.3 Å². The Morgan fingerprint density at radius 3 is 2.77 bits per heavy atom. The van der Waals surface area contributed by atoms with Crippen LogP contribution in [0.3, 0.4) is 0 Å². The second kappa shape index (κ2) is 9.43. The number of aromatic nitrogens is 3. The maximum Gasteiger partial charge on any atom is 0.221 e. The van der Waals surface area contributed by atoms with Gasteiger partial charge in [-0.15, -0.1) is 0 Å². The van der Waals surface area contributed by atoms with E-state index >= 15 is 0 Å². The zero-order valence-electron chi connectivity index (χ0n) is 20.4. The average molecular weight is 474 g/mol. The molecule has 0 bridgehead atoms. The number of piperidine rings is 1. The molecule has 5 rings (SSSR count). The van der Waals surface area contributed by atoms with Crippen LogP contribution in [0.5, 0.6) is 0 Å². The van der Waals surface area contributed by atoms with Gasteiger partial charge in [0.05, 0.1) is 17.6 Å². The largest absolute Gasteiger partial charge is 0.368 e. The highest BCUT2D eigenvalue weighted by atomic mass is 16.1. The van der Waals surface area contributed by atoms with E-state index in [4.69, 9.17) is 0 Å². The molecule has 0 spiro atoms. The van der Waals surface area contributed by atoms with Gasteiger partial charge in [0.2, 0.25) is 5.91 Å². The highest BCUT2D eigenvalue weighted by Crippen LogP contribution is 2.34. The Kier molecular flexibility index (Phi) is 6.17. The topological polar surface area (TPSA) is 114 Å². The number of anilines is 5. The van der Waals surface area contributed by atoms with Gasteiger partial charge in [-0.3, -0.25) is 4.79 Å². The SMILES string of the molecule is CC(=O)Nc1cc(Nc2cc(NC3CC3)n3ncc(C#N)c3n2)ccc1N1CCC[C@@H](N(C)C)C1. The Balaban J connectivity index is 1.46. The lowest BCUT2D eigenvalue weighted by atomic mass is 10.0. The highest BCUT2D eigenvalue weighted by molar-refractivity contribution is 5.94. The predicted octanol–water partition coefficient (Wildman–Crippen LogP) is 3.41. The third-order valence-electron chi connectivity index (χ3n) is 6.57. The van der Waals surface area contributed by atoms with Gasteiger partial charge in [0.25, 0.3) is 0 Å². The number of carbonyl (C=O) groups excluding carboxylic acids is 1. The summed E-state index contributed by atoms with van der Waals surface area (Å²) in [5.41, 5.74) is 3.50. The molecule has 1 saturated heterocycles. The third kappa shape index (κ3) is 5.00. The molecule has 35 heavy (non-hydrogen) atoms. The van der Waals surface area contributed by atoms with E-state index in [1.165, 1.54) is 19.5 Å². The summed E-state index contributed by atoms with van der Waals surface area (Å²) in [7, 11) is 4.23. The molecule has 3 aromatic rings. The van der Waals surface area contributed by atoms with E-state index in [0.717, 1.165) is 55.2 Å². The molecule has 3 heterocycles. The van der Waals surface area contributed by atoms with Crippen LogP contribution in [0.4, 0.5) is 28.7 Å². The smallest absolute Gasteiger partial charge is 0.221 e. The number of hydrogen-bond acceptors (Lipinski definition) is 8. The fraction of sp³-hybridized carbons (Fsp3) is 0.440. The fourth-order valence-electron chi connectivity index (χ4n) is 4.57. The zero-order valence-corrected chi connectivity index (χ0v) is 20.4. The van der Waals surface area contributed by atoms with Crippen molar-refractivity contribution in [1.29, 1.82) is 5.26 Å². The number of nitrogens with one attached hydrogen (secondary N) is 3. The van der Waals surface area contributed by atoms with Crippen LogP contribution in [0.25, 0.3) is 5.65 Å². The molecule has 0 unspecified atom stereocenters. The van der Waals surface area contributed by atoms with Crippen molar-refractivity contribution in [3.05, 3.63) is 36.0 Å². The number of rotatable bonds is 7. The van der Waals surface area contributed by atoms with Crippen LogP contribution in [-0.4, -0.2) is 64.7 Å². The van der Waals surface area contributed by atoms with Crippen molar-refractivity contribution in [2.75, 3.05) is 48.0 Å². The van der Waals surface area contributed by atoms with E-state index in [0.29, 0.717) is 29.1 Å². The number of nitriles is 1. The molecule has 182 valence electrons. The summed E-state index contributed by atoms with van der Waals surface area (Å²) in [6, 6.07) is 11.0. The van der Waals surface area contributed by atoms with Crippen molar-refractivity contribution >= 4 is 40.3 Å². The number of likely N-dealkylation sites (N-methyl/N-ethyl adjacent to an activating group) is 1. The zero-order chi connectivity index (χ0) is 24.5. The minimum Gasteiger partial charge on any atom is -0.368 e. The summed E-state index contributed by atoms with van der Waals surface area (Å²) in [5.74, 6) is 1.28. The van der Waals surface area contributed by atoms with Gasteiger partial charge in [-0.05, 0) is 58.0 Å². The first-order chi connectivity index (χ1) is 16.9. The van der Waals surface area contributed by atoms with Gasteiger partial charge in [-0.25, -0.2) is 4.98 Å². The van der Waals surface area contributed by atoms with Crippen LogP contribution in [0.1, 0.15) is 38.2 Å². The Hall–Kier alpha value is -3.84. The van der Waals surface area contributed by atoms with Crippen LogP contribution in [0.15, 0.2) is 30.5 Å². The standard InChI is InChI=1S/C25H31N9O/c1-16(35)28-21-11-19(8-9-22(21)33-10-4-5-20(15-33)32(2)3)29-23-12-24(30-18-6-7-18)34-25(31-23)17(13-26)14-27-34/h8-9,11-12,14,18,20,30H,4-7,10,15H2,1-3H3,(H,28,35)(H,29,31)/t20-/m1/s1. The molecule has 2 aliphatic rings. The molecular formula is C25H31N9O. The number of hydrogen-bond donors (Lipinski definition) is 3. The molecule has 1 saturated carbocycles. The van der Waals surface area contributed by atoms with Gasteiger partial charge in [0.1, 0.15) is 23.3 Å². The molecule has 10 nitrogen and oxygen atoms in total. The molecule has 0 radical (unpaired) electrons. The minimum absolute atomic E-state index is 0.113. The monoisotopic (exact) mass is 473 g/mol. The van der Waals surface area contributed by atoms with E-state index in [1.807, 2.05) is 24.3 Å². The molecule has 10 heteroatoms. The molecule has 1 aliphatic heterocycles. The lowest BCUT2D eigenvalue weighted by molar-refractivity contribution is -0.114. The number of nitrogens with zero attached hydrogens (tertiary/aromatic N) is 6. The summed E-state index contributed by atoms with van der Waals surface area (Å²) in [6.45, 7) is 3.40. The summed E-state index contributed by atoms with van der Waals surface area (Å²) >= 11 is 0. The van der Waals surface area contributed by atoms with Crippen LogP contribution in [-0.2, 0) is 4.79 Å². The second-order valence-corrected chi connectivity index (χ2v) is 9.59. The van der Waals surface area contributed by atoms with Crippen LogP contribution >= 0.6 is 0 Å². The highest BCUT2D eigenvalue weighted by Gasteiger charge is 2.25. The molecule has 1 aromatic carbocycles. The van der Waals surface area contributed by atoms with E-state index in [9.17, 15) is 10.1 Å². The average Bonchev–Trinajstić information content (AvgIpc) is 3.55. The third-order valence-corrected chi connectivity index (χ3v) is 6.57. The first kappa shape index (κ1) is 22.9. The van der Waals surface area contributed by atoms with Gasteiger partial charge in [-0.2, -0.15) is 14.9 Å². The molecule has 2 fully saturated rings. The first-order valence-electron chi connectivity index (χ1n) is 12.1. The fourth-order valence-corrected chi connectivity index (χ4v) is 4.57. The minimum atomic E-state index is -0.113. The summed E-state index contributed by atoms with van der Waals surface area (Å²) in [5, 5.41) is 23.7. The van der Waals surface area contributed by atoms with E-state index in [-0.39, 0.29) is 5.91 Å². The van der Waals surface area contributed by atoms with Crippen LogP contribution < -0.4 is 20.9 Å². The van der Waals surface area contributed by atoms with Crippen molar-refractivity contribution < 1.29 is 4.79 Å². The van der Waals surface area contributed by atoms with Crippen molar-refractivity contribution in [2.45, 2.75) is 44.7 Å². The quantitative estimate of drug-likeness (QED) is 0.478. The maximum absolute atomic E-state index is 12.0. The van der Waals surface area contributed by atoms with Gasteiger partial charge < -0.3 is 25.8 Å². The van der Waals surface area contributed by atoms with E-state index < -0.39 is 0 Å². The van der Waals surface area contributed by atoms with Gasteiger partial charge in [0, 0.05) is 43.9 Å². The lowest BCUT2D eigenvalue weighted by Crippen LogP contribution is -2.45. The van der Waals surface area contributed by atoms with Gasteiger partial charge >= 0.3 is 0 Å². The molecule has 1 amide bonds. The normalized spacial score (nSPS) is 17.9. The number of fused-ring (bicyclic) bond motifs is 1.